The van der Waals surface area contributed by atoms with Crippen molar-refractivity contribution in [3.05, 3.63) is 101 Å². The van der Waals surface area contributed by atoms with Gasteiger partial charge in [0.15, 0.2) is 0 Å². The summed E-state index contributed by atoms with van der Waals surface area (Å²) in [5.74, 6) is -2.96. The molecule has 0 atom stereocenters. The summed E-state index contributed by atoms with van der Waals surface area (Å²) in [6, 6.07) is 23.6. The van der Waals surface area contributed by atoms with Crippen molar-refractivity contribution in [2.45, 2.75) is 6.04 Å². The van der Waals surface area contributed by atoms with E-state index in [2.05, 4.69) is 34.5 Å². The Morgan fingerprint density at radius 3 is 2.03 bits per heavy atom. The number of nitrogens with one attached hydrogen (secondary N) is 1. The molecule has 3 aromatic rings. The van der Waals surface area contributed by atoms with Crippen molar-refractivity contribution >= 4 is 23.5 Å². The van der Waals surface area contributed by atoms with Gasteiger partial charge in [0.1, 0.15) is 19.0 Å². The molecule has 0 bridgehead atoms. The van der Waals surface area contributed by atoms with E-state index in [9.17, 15) is 23.9 Å². The molecule has 2 amide bonds. The highest BCUT2D eigenvalue weighted by Gasteiger charge is 2.28. The fourth-order valence-electron chi connectivity index (χ4n) is 4.43. The van der Waals surface area contributed by atoms with E-state index in [1.165, 1.54) is 17.2 Å². The number of rotatable bonds is 9. The highest BCUT2D eigenvalue weighted by atomic mass is 19.1. The Hall–Kier alpha value is -4.08. The van der Waals surface area contributed by atoms with Crippen LogP contribution in [0.15, 0.2) is 78.9 Å². The second kappa shape index (κ2) is 12.2. The molecule has 1 saturated heterocycles. The van der Waals surface area contributed by atoms with Crippen LogP contribution in [0.25, 0.3) is 0 Å². The van der Waals surface area contributed by atoms with Crippen LogP contribution >= 0.6 is 0 Å². The van der Waals surface area contributed by atoms with Gasteiger partial charge in [-0.25, -0.2) is 9.18 Å². The van der Waals surface area contributed by atoms with Crippen LogP contribution in [0.1, 0.15) is 27.5 Å². The van der Waals surface area contributed by atoms with E-state index in [0.717, 1.165) is 12.1 Å². The van der Waals surface area contributed by atoms with Crippen LogP contribution < -0.4 is 5.32 Å². The number of carboxylic acids is 1. The molecule has 1 aliphatic rings. The van der Waals surface area contributed by atoms with Crippen molar-refractivity contribution in [2.24, 2.45) is 0 Å². The minimum Gasteiger partial charge on any atom is -0.478 e. The number of halogens is 1. The fraction of sp³-hybridized carbons (Fsp3) is 0.250. The number of amides is 2. The molecular formula is C28H28FN3O5. The average molecular weight is 506 g/mol. The molecule has 0 radical (unpaired) electrons. The van der Waals surface area contributed by atoms with E-state index in [1.807, 2.05) is 36.4 Å². The maximum atomic E-state index is 13.3. The summed E-state index contributed by atoms with van der Waals surface area (Å²) in [5.41, 5.74) is 1.97. The Balaban J connectivity index is 1.27. The highest BCUT2D eigenvalue weighted by molar-refractivity contribution is 6.00. The predicted octanol–water partition coefficient (Wildman–Crippen LogP) is 3.41. The third-order valence-corrected chi connectivity index (χ3v) is 6.21. The smallest absolute Gasteiger partial charge is 0.337 e. The van der Waals surface area contributed by atoms with Gasteiger partial charge in [0.2, 0.25) is 11.8 Å². The summed E-state index contributed by atoms with van der Waals surface area (Å²) in [6.07, 6.45) is 0. The van der Waals surface area contributed by atoms with Gasteiger partial charge in [-0.05, 0) is 29.3 Å². The van der Waals surface area contributed by atoms with E-state index in [0.29, 0.717) is 26.2 Å². The number of piperazine rings is 1. The van der Waals surface area contributed by atoms with E-state index in [-0.39, 0.29) is 29.8 Å². The minimum atomic E-state index is -1.37. The normalized spacial score (nSPS) is 13.9. The minimum absolute atomic E-state index is 0.0451. The van der Waals surface area contributed by atoms with Crippen molar-refractivity contribution in [2.75, 3.05) is 44.7 Å². The molecule has 37 heavy (non-hydrogen) atoms. The zero-order valence-electron chi connectivity index (χ0n) is 20.2. The second-order valence-electron chi connectivity index (χ2n) is 8.68. The van der Waals surface area contributed by atoms with Crippen molar-refractivity contribution in [3.8, 4) is 0 Å². The van der Waals surface area contributed by atoms with Gasteiger partial charge in [0.05, 0.1) is 17.3 Å². The lowest BCUT2D eigenvalue weighted by Gasteiger charge is -2.39. The van der Waals surface area contributed by atoms with Gasteiger partial charge in [-0.1, -0.05) is 60.7 Å². The standard InChI is InChI=1S/C28H28FN3O5/c29-22-11-12-24(23(17-22)28(35)36)30-25(33)18-37-19-26(34)31-13-15-32(16-14-31)27(20-7-3-1-4-8-20)21-9-5-2-6-10-21/h1-12,17,27H,13-16,18-19H2,(H,30,33)(H,35,36). The first kappa shape index (κ1) is 26.0. The number of hydrogen-bond acceptors (Lipinski definition) is 5. The molecule has 4 rings (SSSR count). The molecule has 0 spiro atoms. The number of ether oxygens (including phenoxy) is 1. The van der Waals surface area contributed by atoms with Crippen LogP contribution in [0, 0.1) is 5.82 Å². The summed E-state index contributed by atoms with van der Waals surface area (Å²) in [4.78, 5) is 40.2. The highest BCUT2D eigenvalue weighted by Crippen LogP contribution is 2.29. The first-order valence-corrected chi connectivity index (χ1v) is 11.9. The molecule has 1 fully saturated rings. The van der Waals surface area contributed by atoms with E-state index < -0.39 is 24.3 Å². The number of carboxylic acid groups (broad SMARTS) is 1. The van der Waals surface area contributed by atoms with Gasteiger partial charge >= 0.3 is 5.97 Å². The Morgan fingerprint density at radius 2 is 1.46 bits per heavy atom. The molecule has 0 unspecified atom stereocenters. The Labute approximate surface area is 214 Å². The van der Waals surface area contributed by atoms with E-state index >= 15 is 0 Å². The van der Waals surface area contributed by atoms with Gasteiger partial charge in [-0.2, -0.15) is 0 Å². The first-order valence-electron chi connectivity index (χ1n) is 11.9. The van der Waals surface area contributed by atoms with Crippen molar-refractivity contribution < 1.29 is 28.6 Å². The maximum absolute atomic E-state index is 13.3. The van der Waals surface area contributed by atoms with Gasteiger partial charge in [0, 0.05) is 26.2 Å². The maximum Gasteiger partial charge on any atom is 0.337 e. The molecule has 1 aliphatic heterocycles. The molecule has 0 aliphatic carbocycles. The number of anilines is 1. The number of hydrogen-bond donors (Lipinski definition) is 2. The van der Waals surface area contributed by atoms with Crippen LogP contribution in [-0.4, -0.2) is 72.1 Å². The molecule has 1 heterocycles. The number of carbonyl (C=O) groups is 3. The number of benzene rings is 3. The molecule has 3 aromatic carbocycles. The van der Waals surface area contributed by atoms with Gasteiger partial charge in [-0.15, -0.1) is 0 Å². The van der Waals surface area contributed by atoms with Gasteiger partial charge < -0.3 is 20.1 Å². The quantitative estimate of drug-likeness (QED) is 0.463. The monoisotopic (exact) mass is 505 g/mol. The molecule has 2 N–H and O–H groups in total. The molecular weight excluding hydrogens is 477 g/mol. The van der Waals surface area contributed by atoms with E-state index in [1.54, 1.807) is 4.90 Å². The second-order valence-corrected chi connectivity index (χ2v) is 8.68. The molecule has 0 saturated carbocycles. The van der Waals surface area contributed by atoms with Crippen LogP contribution in [0.4, 0.5) is 10.1 Å². The molecule has 8 nitrogen and oxygen atoms in total. The number of nitrogens with zero attached hydrogens (tertiary/aromatic N) is 2. The Morgan fingerprint density at radius 1 is 0.865 bits per heavy atom. The lowest BCUT2D eigenvalue weighted by molar-refractivity contribution is -0.139. The van der Waals surface area contributed by atoms with Gasteiger partial charge in [0.25, 0.3) is 0 Å². The van der Waals surface area contributed by atoms with Gasteiger partial charge in [-0.3, -0.25) is 14.5 Å². The molecule has 0 aromatic heterocycles. The number of aromatic carboxylic acids is 1. The molecule has 9 heteroatoms. The van der Waals surface area contributed by atoms with Crippen molar-refractivity contribution in [3.63, 3.8) is 0 Å². The van der Waals surface area contributed by atoms with Crippen molar-refractivity contribution in [1.82, 2.24) is 9.80 Å². The SMILES string of the molecule is O=C(COCC(=O)N1CCN(C(c2ccccc2)c2ccccc2)CC1)Nc1ccc(F)cc1C(=O)O. The van der Waals surface area contributed by atoms with Crippen molar-refractivity contribution in [1.29, 1.82) is 0 Å². The topological polar surface area (TPSA) is 99.2 Å². The van der Waals surface area contributed by atoms with Crippen LogP contribution in [-0.2, 0) is 14.3 Å². The largest absolute Gasteiger partial charge is 0.478 e. The summed E-state index contributed by atoms with van der Waals surface area (Å²) in [5, 5.41) is 11.6. The lowest BCUT2D eigenvalue weighted by atomic mass is 9.96. The summed E-state index contributed by atoms with van der Waals surface area (Å²) < 4.78 is 18.6. The molecule has 192 valence electrons. The average Bonchev–Trinajstić information content (AvgIpc) is 2.91. The lowest BCUT2D eigenvalue weighted by Crippen LogP contribution is -2.50. The third kappa shape index (κ3) is 6.78. The zero-order valence-corrected chi connectivity index (χ0v) is 20.2. The first-order chi connectivity index (χ1) is 17.9. The summed E-state index contributed by atoms with van der Waals surface area (Å²) >= 11 is 0. The Bertz CT molecular complexity index is 1190. The number of carbonyl (C=O) groups excluding carboxylic acids is 2. The van der Waals surface area contributed by atoms with Crippen LogP contribution in [0.3, 0.4) is 0 Å². The fourth-order valence-corrected chi connectivity index (χ4v) is 4.43. The van der Waals surface area contributed by atoms with Crippen LogP contribution in [0.2, 0.25) is 0 Å². The van der Waals surface area contributed by atoms with E-state index in [4.69, 9.17) is 4.74 Å². The van der Waals surface area contributed by atoms with Crippen LogP contribution in [0.5, 0.6) is 0 Å². The summed E-state index contributed by atoms with van der Waals surface area (Å²) in [6.45, 7) is 1.71. The third-order valence-electron chi connectivity index (χ3n) is 6.21. The zero-order chi connectivity index (χ0) is 26.2. The Kier molecular flexibility index (Phi) is 8.60. The summed E-state index contributed by atoms with van der Waals surface area (Å²) in [7, 11) is 0. The predicted molar refractivity (Wildman–Crippen MR) is 136 cm³/mol.